The van der Waals surface area contributed by atoms with E-state index in [2.05, 4.69) is 6.92 Å². The Labute approximate surface area is 75.2 Å². The molecule has 0 bridgehead atoms. The van der Waals surface area contributed by atoms with Gasteiger partial charge in [-0.1, -0.05) is 20.3 Å². The van der Waals surface area contributed by atoms with Gasteiger partial charge in [0.2, 0.25) is 0 Å². The zero-order chi connectivity index (χ0) is 9.40. The maximum absolute atomic E-state index is 5.58. The zero-order valence-corrected chi connectivity index (χ0v) is 8.38. The van der Waals surface area contributed by atoms with E-state index < -0.39 is 0 Å². The molecule has 0 aromatic carbocycles. The maximum Gasteiger partial charge on any atom is 0.156 e. The number of nitrogens with two attached hydrogens (primary N) is 1. The van der Waals surface area contributed by atoms with Crippen molar-refractivity contribution in [2.75, 3.05) is 6.61 Å². The largest absolute Gasteiger partial charge is 0.353 e. The van der Waals surface area contributed by atoms with Crippen molar-refractivity contribution in [1.29, 1.82) is 0 Å². The van der Waals surface area contributed by atoms with Crippen LogP contribution in [0.2, 0.25) is 0 Å². The van der Waals surface area contributed by atoms with Crippen LogP contribution in [0.5, 0.6) is 0 Å². The fourth-order valence-electron chi connectivity index (χ4n) is 0.775. The molecule has 0 aliphatic rings. The Hall–Kier alpha value is -0.120. The second-order valence-corrected chi connectivity index (χ2v) is 2.87. The highest BCUT2D eigenvalue weighted by Crippen LogP contribution is 2.00. The van der Waals surface area contributed by atoms with Crippen molar-refractivity contribution < 1.29 is 9.47 Å². The number of ether oxygens (including phenoxy) is 2. The van der Waals surface area contributed by atoms with Gasteiger partial charge >= 0.3 is 0 Å². The highest BCUT2D eigenvalue weighted by atomic mass is 16.7. The van der Waals surface area contributed by atoms with E-state index in [0.29, 0.717) is 0 Å². The first kappa shape index (κ1) is 11.9. The molecule has 12 heavy (non-hydrogen) atoms. The van der Waals surface area contributed by atoms with Crippen molar-refractivity contribution >= 4 is 0 Å². The molecule has 0 saturated heterocycles. The Bertz CT molecular complexity index is 98.5. The van der Waals surface area contributed by atoms with Gasteiger partial charge in [-0.05, 0) is 19.8 Å². The van der Waals surface area contributed by atoms with E-state index in [-0.39, 0.29) is 12.5 Å². The lowest BCUT2D eigenvalue weighted by molar-refractivity contribution is -0.159. The Morgan fingerprint density at radius 3 is 2.50 bits per heavy atom. The minimum atomic E-state index is -0.193. The van der Waals surface area contributed by atoms with Gasteiger partial charge in [-0.2, -0.15) is 0 Å². The molecule has 0 heterocycles. The molecule has 0 aliphatic heterocycles. The first-order valence-corrected chi connectivity index (χ1v) is 4.73. The fourth-order valence-corrected chi connectivity index (χ4v) is 0.775. The van der Waals surface area contributed by atoms with Gasteiger partial charge in [-0.3, -0.25) is 0 Å². The van der Waals surface area contributed by atoms with Crippen LogP contribution >= 0.6 is 0 Å². The molecule has 0 spiro atoms. The van der Waals surface area contributed by atoms with E-state index in [0.717, 1.165) is 25.9 Å². The molecule has 0 rings (SSSR count). The molecular weight excluding hydrogens is 154 g/mol. The average molecular weight is 175 g/mol. The molecule has 3 nitrogen and oxygen atoms in total. The predicted octanol–water partition coefficient (Wildman–Crippen LogP) is 1.86. The van der Waals surface area contributed by atoms with Gasteiger partial charge in [0, 0.05) is 6.61 Å². The topological polar surface area (TPSA) is 44.5 Å². The number of unbranched alkanes of at least 4 members (excludes halogenated alkanes) is 1. The predicted molar refractivity (Wildman–Crippen MR) is 49.7 cm³/mol. The molecule has 3 heteroatoms. The monoisotopic (exact) mass is 175 g/mol. The van der Waals surface area contributed by atoms with Crippen molar-refractivity contribution in [2.24, 2.45) is 5.73 Å². The molecule has 0 saturated carbocycles. The average Bonchev–Trinajstić information content (AvgIpc) is 2.05. The van der Waals surface area contributed by atoms with Crippen LogP contribution in [0.25, 0.3) is 0 Å². The zero-order valence-electron chi connectivity index (χ0n) is 8.38. The maximum atomic E-state index is 5.58. The molecule has 74 valence electrons. The summed E-state index contributed by atoms with van der Waals surface area (Å²) >= 11 is 0. The van der Waals surface area contributed by atoms with E-state index in [1.165, 1.54) is 0 Å². The van der Waals surface area contributed by atoms with Crippen LogP contribution in [0.4, 0.5) is 0 Å². The third-order valence-electron chi connectivity index (χ3n) is 1.62. The normalized spacial score (nSPS) is 16.0. The smallest absolute Gasteiger partial charge is 0.156 e. The lowest BCUT2D eigenvalue weighted by Gasteiger charge is -2.17. The lowest BCUT2D eigenvalue weighted by atomic mass is 10.4. The van der Waals surface area contributed by atoms with Gasteiger partial charge in [-0.25, -0.2) is 0 Å². The molecule has 0 radical (unpaired) electrons. The summed E-state index contributed by atoms with van der Waals surface area (Å²) in [5.41, 5.74) is 5.58. The fraction of sp³-hybridized carbons (Fsp3) is 1.00. The van der Waals surface area contributed by atoms with Crippen LogP contribution < -0.4 is 5.73 Å². The van der Waals surface area contributed by atoms with E-state index in [1.54, 1.807) is 0 Å². The number of hydrogen-bond donors (Lipinski definition) is 1. The highest BCUT2D eigenvalue weighted by molar-refractivity contribution is 4.43. The van der Waals surface area contributed by atoms with Gasteiger partial charge in [0.05, 0.1) is 0 Å². The Morgan fingerprint density at radius 1 is 1.33 bits per heavy atom. The van der Waals surface area contributed by atoms with Crippen LogP contribution in [-0.4, -0.2) is 19.1 Å². The summed E-state index contributed by atoms with van der Waals surface area (Å²) in [6.45, 7) is 6.76. The second-order valence-electron chi connectivity index (χ2n) is 2.87. The minimum Gasteiger partial charge on any atom is -0.353 e. The van der Waals surface area contributed by atoms with Gasteiger partial charge in [0.15, 0.2) is 6.29 Å². The molecule has 2 N–H and O–H groups in total. The van der Waals surface area contributed by atoms with Crippen molar-refractivity contribution in [3.63, 3.8) is 0 Å². The molecule has 0 aromatic rings. The van der Waals surface area contributed by atoms with E-state index in [1.807, 2.05) is 13.8 Å². The van der Waals surface area contributed by atoms with Gasteiger partial charge in [0.1, 0.15) is 6.23 Å². The first-order chi connectivity index (χ1) is 5.70. The Morgan fingerprint density at radius 2 is 2.00 bits per heavy atom. The highest BCUT2D eigenvalue weighted by Gasteiger charge is 2.05. The minimum absolute atomic E-state index is 0.175. The molecule has 2 unspecified atom stereocenters. The second kappa shape index (κ2) is 7.53. The number of rotatable bonds is 7. The SMILES string of the molecule is CCCCOC(C)OC(N)CC. The van der Waals surface area contributed by atoms with E-state index in [4.69, 9.17) is 15.2 Å². The summed E-state index contributed by atoms with van der Waals surface area (Å²) in [5.74, 6) is 0. The Kier molecular flexibility index (Phi) is 7.45. The summed E-state index contributed by atoms with van der Waals surface area (Å²) in [7, 11) is 0. The summed E-state index contributed by atoms with van der Waals surface area (Å²) in [6.07, 6.45) is 2.68. The van der Waals surface area contributed by atoms with Crippen LogP contribution in [0, 0.1) is 0 Å². The molecule has 0 amide bonds. The van der Waals surface area contributed by atoms with Crippen LogP contribution in [0.3, 0.4) is 0 Å². The van der Waals surface area contributed by atoms with Crippen molar-refractivity contribution in [3.8, 4) is 0 Å². The van der Waals surface area contributed by atoms with Gasteiger partial charge in [-0.15, -0.1) is 0 Å². The number of hydrogen-bond acceptors (Lipinski definition) is 3. The molecular formula is C9H21NO2. The van der Waals surface area contributed by atoms with E-state index >= 15 is 0 Å². The van der Waals surface area contributed by atoms with Crippen molar-refractivity contribution in [1.82, 2.24) is 0 Å². The lowest BCUT2D eigenvalue weighted by Crippen LogP contribution is -2.29. The Balaban J connectivity index is 3.26. The molecule has 0 aromatic heterocycles. The van der Waals surface area contributed by atoms with Gasteiger partial charge < -0.3 is 15.2 Å². The van der Waals surface area contributed by atoms with Crippen molar-refractivity contribution in [2.45, 2.75) is 52.6 Å². The standard InChI is InChI=1S/C9H21NO2/c1-4-6-7-11-8(3)12-9(10)5-2/h8-9H,4-7,10H2,1-3H3. The summed E-state index contributed by atoms with van der Waals surface area (Å²) in [6, 6.07) is 0. The molecule has 2 atom stereocenters. The summed E-state index contributed by atoms with van der Waals surface area (Å²) in [4.78, 5) is 0. The van der Waals surface area contributed by atoms with Gasteiger partial charge in [0.25, 0.3) is 0 Å². The van der Waals surface area contributed by atoms with Crippen LogP contribution in [-0.2, 0) is 9.47 Å². The molecule has 0 aliphatic carbocycles. The van der Waals surface area contributed by atoms with Crippen molar-refractivity contribution in [3.05, 3.63) is 0 Å². The van der Waals surface area contributed by atoms with Crippen LogP contribution in [0.15, 0.2) is 0 Å². The molecule has 0 fully saturated rings. The van der Waals surface area contributed by atoms with E-state index in [9.17, 15) is 0 Å². The quantitative estimate of drug-likeness (QED) is 0.474. The summed E-state index contributed by atoms with van der Waals surface area (Å²) < 4.78 is 10.7. The van der Waals surface area contributed by atoms with Crippen LogP contribution in [0.1, 0.15) is 40.0 Å². The first-order valence-electron chi connectivity index (χ1n) is 4.73. The summed E-state index contributed by atoms with van der Waals surface area (Å²) in [5, 5.41) is 0. The third kappa shape index (κ3) is 6.58. The third-order valence-corrected chi connectivity index (χ3v) is 1.62.